The second-order valence-electron chi connectivity index (χ2n) is 9.13. The van der Waals surface area contributed by atoms with Crippen molar-refractivity contribution >= 4 is 16.8 Å². The maximum Gasteiger partial charge on any atom is 0.200 e. The Hall–Kier alpha value is 0.314. The highest BCUT2D eigenvalue weighted by Gasteiger charge is 2.54. The fourth-order valence-corrected chi connectivity index (χ4v) is 20.6. The molecule has 158 valence electrons. The second kappa shape index (κ2) is 10.7. The van der Waals surface area contributed by atoms with E-state index in [1.54, 1.807) is 0 Å². The van der Waals surface area contributed by atoms with Gasteiger partial charge in [-0.25, -0.2) is 0 Å². The molecule has 0 aliphatic rings. The molecule has 0 N–H and O–H groups in total. The van der Waals surface area contributed by atoms with Crippen LogP contribution in [0.15, 0.2) is 0 Å². The number of hydrogen-bond acceptors (Lipinski definition) is 3. The largest absolute Gasteiger partial charge is 0.324 e. The Morgan fingerprint density at radius 3 is 0.808 bits per heavy atom. The van der Waals surface area contributed by atoms with Crippen molar-refractivity contribution in [1.29, 1.82) is 0 Å². The summed E-state index contributed by atoms with van der Waals surface area (Å²) in [6.07, 6.45) is 0. The van der Waals surface area contributed by atoms with E-state index in [1.807, 2.05) is 0 Å². The standard InChI is InChI=1S/C21H51N3Si2/c1-14-25(15-2,23(18(5)6)19(7)8)22(13)26(16-3,17-4)24(20(9)10)21(11)12/h18-21H,14-17H2,1-13H3. The topological polar surface area (TPSA) is 9.72 Å². The van der Waals surface area contributed by atoms with Gasteiger partial charge < -0.3 is 13.4 Å². The van der Waals surface area contributed by atoms with Gasteiger partial charge in [0, 0.05) is 0 Å². The van der Waals surface area contributed by atoms with Crippen LogP contribution >= 0.6 is 0 Å². The number of rotatable bonds is 12. The molecule has 0 heterocycles. The maximum absolute atomic E-state index is 3.04. The van der Waals surface area contributed by atoms with Gasteiger partial charge in [-0.1, -0.05) is 83.1 Å². The molecule has 0 saturated carbocycles. The number of hydrogen-bond donors (Lipinski definition) is 0. The zero-order valence-corrected chi connectivity index (χ0v) is 22.5. The Labute approximate surface area is 168 Å². The van der Waals surface area contributed by atoms with E-state index in [-0.39, 0.29) is 0 Å². The van der Waals surface area contributed by atoms with Crippen molar-refractivity contribution in [3.8, 4) is 0 Å². The van der Waals surface area contributed by atoms with Crippen molar-refractivity contribution in [2.24, 2.45) is 0 Å². The van der Waals surface area contributed by atoms with Gasteiger partial charge in [0.05, 0.1) is 0 Å². The quantitative estimate of drug-likeness (QED) is 0.365. The van der Waals surface area contributed by atoms with Crippen molar-refractivity contribution in [2.75, 3.05) is 7.05 Å². The minimum atomic E-state index is -1.75. The van der Waals surface area contributed by atoms with E-state index in [0.29, 0.717) is 24.2 Å². The average Bonchev–Trinajstić information content (AvgIpc) is 2.55. The van der Waals surface area contributed by atoms with Gasteiger partial charge in [-0.3, -0.25) is 0 Å². The molecule has 0 aliphatic carbocycles. The zero-order valence-electron chi connectivity index (χ0n) is 20.5. The summed E-state index contributed by atoms with van der Waals surface area (Å²) in [5, 5.41) is 0. The molecule has 0 radical (unpaired) electrons. The highest BCUT2D eigenvalue weighted by molar-refractivity contribution is 6.90. The van der Waals surface area contributed by atoms with Crippen LogP contribution in [0.2, 0.25) is 24.2 Å². The molecule has 0 saturated heterocycles. The average molecular weight is 402 g/mol. The highest BCUT2D eigenvalue weighted by Crippen LogP contribution is 2.37. The first-order valence-electron chi connectivity index (χ1n) is 11.2. The fraction of sp³-hybridized carbons (Fsp3) is 1.00. The van der Waals surface area contributed by atoms with Crippen molar-refractivity contribution in [2.45, 2.75) is 131 Å². The molecule has 0 unspecified atom stereocenters. The van der Waals surface area contributed by atoms with Crippen molar-refractivity contribution in [1.82, 2.24) is 13.4 Å². The van der Waals surface area contributed by atoms with Gasteiger partial charge in [-0.05, 0) is 55.4 Å². The molecule has 0 fully saturated rings. The van der Waals surface area contributed by atoms with Gasteiger partial charge >= 0.3 is 0 Å². The molecule has 0 amide bonds. The monoisotopic (exact) mass is 401 g/mol. The Morgan fingerprint density at radius 1 is 0.500 bits per heavy atom. The summed E-state index contributed by atoms with van der Waals surface area (Å²) in [4.78, 5) is 0. The third-order valence-corrected chi connectivity index (χ3v) is 20.2. The Morgan fingerprint density at radius 2 is 0.692 bits per heavy atom. The molecule has 0 bridgehead atoms. The summed E-state index contributed by atoms with van der Waals surface area (Å²) in [5.41, 5.74) is 0. The van der Waals surface area contributed by atoms with E-state index in [1.165, 1.54) is 24.2 Å². The third-order valence-electron chi connectivity index (χ3n) is 6.70. The fourth-order valence-electron chi connectivity index (χ4n) is 6.03. The van der Waals surface area contributed by atoms with E-state index in [0.717, 1.165) is 0 Å². The van der Waals surface area contributed by atoms with Gasteiger partial charge in [0.2, 0.25) is 16.8 Å². The molecular formula is C21H51N3Si2. The molecule has 0 aromatic heterocycles. The van der Waals surface area contributed by atoms with Gasteiger partial charge in [-0.15, -0.1) is 0 Å². The molecule has 0 aromatic carbocycles. The van der Waals surface area contributed by atoms with Crippen molar-refractivity contribution in [3.05, 3.63) is 0 Å². The van der Waals surface area contributed by atoms with Crippen LogP contribution in [0.5, 0.6) is 0 Å². The van der Waals surface area contributed by atoms with Gasteiger partial charge in [-0.2, -0.15) is 0 Å². The van der Waals surface area contributed by atoms with Gasteiger partial charge in [0.25, 0.3) is 0 Å². The van der Waals surface area contributed by atoms with Crippen molar-refractivity contribution in [3.63, 3.8) is 0 Å². The van der Waals surface area contributed by atoms with Crippen molar-refractivity contribution < 1.29 is 0 Å². The first-order valence-corrected chi connectivity index (χ1v) is 15.9. The summed E-state index contributed by atoms with van der Waals surface area (Å²) >= 11 is 0. The van der Waals surface area contributed by atoms with Crippen LogP contribution in [0.1, 0.15) is 83.1 Å². The van der Waals surface area contributed by atoms with Crippen LogP contribution in [0.25, 0.3) is 0 Å². The summed E-state index contributed by atoms with van der Waals surface area (Å²) in [6, 6.07) is 7.69. The molecule has 26 heavy (non-hydrogen) atoms. The van der Waals surface area contributed by atoms with Crippen LogP contribution in [0, 0.1) is 0 Å². The Balaban J connectivity index is 6.55. The normalized spacial score (nSPS) is 14.3. The lowest BCUT2D eigenvalue weighted by atomic mass is 10.3. The lowest BCUT2D eigenvalue weighted by molar-refractivity contribution is 0.244. The Kier molecular flexibility index (Phi) is 10.9. The van der Waals surface area contributed by atoms with Crippen LogP contribution < -0.4 is 0 Å². The van der Waals surface area contributed by atoms with E-state index < -0.39 is 16.8 Å². The van der Waals surface area contributed by atoms with Gasteiger partial charge in [0.15, 0.2) is 0 Å². The van der Waals surface area contributed by atoms with E-state index in [9.17, 15) is 0 Å². The first-order chi connectivity index (χ1) is 11.9. The van der Waals surface area contributed by atoms with Gasteiger partial charge in [0.1, 0.15) is 0 Å². The lowest BCUT2D eigenvalue weighted by Crippen LogP contribution is -2.79. The second-order valence-corrected chi connectivity index (χ2v) is 18.7. The molecule has 3 nitrogen and oxygen atoms in total. The molecular weight excluding hydrogens is 350 g/mol. The third kappa shape index (κ3) is 4.83. The van der Waals surface area contributed by atoms with Crippen LogP contribution in [-0.2, 0) is 0 Å². The predicted molar refractivity (Wildman–Crippen MR) is 125 cm³/mol. The lowest BCUT2D eigenvalue weighted by Gasteiger charge is -2.60. The Bertz CT molecular complexity index is 337. The minimum Gasteiger partial charge on any atom is -0.324 e. The van der Waals surface area contributed by atoms with E-state index in [2.05, 4.69) is 103 Å². The van der Waals surface area contributed by atoms with Crippen LogP contribution in [0.3, 0.4) is 0 Å². The summed E-state index contributed by atoms with van der Waals surface area (Å²) in [7, 11) is -0.973. The SMILES string of the molecule is CC[Si](CC)(N(C(C)C)C(C)C)N(C)[Si](CC)(CC)N(C(C)C)C(C)C. The molecule has 5 heteroatoms. The molecule has 0 atom stereocenters. The smallest absolute Gasteiger partial charge is 0.200 e. The van der Waals surface area contributed by atoms with Crippen LogP contribution in [0.4, 0.5) is 0 Å². The van der Waals surface area contributed by atoms with E-state index >= 15 is 0 Å². The maximum atomic E-state index is 3.04. The highest BCUT2D eigenvalue weighted by atomic mass is 28.4. The summed E-state index contributed by atoms with van der Waals surface area (Å²) in [6.45, 7) is 29.1. The minimum absolute atomic E-state index is 0.607. The molecule has 0 spiro atoms. The predicted octanol–water partition coefficient (Wildman–Crippen LogP) is 6.12. The van der Waals surface area contributed by atoms with E-state index in [4.69, 9.17) is 0 Å². The molecule has 0 aromatic rings. The molecule has 0 rings (SSSR count). The van der Waals surface area contributed by atoms with Crippen LogP contribution in [-0.4, -0.2) is 61.4 Å². The summed E-state index contributed by atoms with van der Waals surface area (Å²) in [5.74, 6) is 0. The molecule has 0 aliphatic heterocycles. The number of nitrogens with zero attached hydrogens (tertiary/aromatic N) is 3. The zero-order chi connectivity index (χ0) is 20.9. The summed E-state index contributed by atoms with van der Waals surface area (Å²) < 4.78 is 8.90. The first kappa shape index (κ1) is 26.3.